The van der Waals surface area contributed by atoms with Gasteiger partial charge in [-0.15, -0.1) is 24.8 Å². The molecule has 2 fully saturated rings. The summed E-state index contributed by atoms with van der Waals surface area (Å²) in [6, 6.07) is 0. The summed E-state index contributed by atoms with van der Waals surface area (Å²) in [6.07, 6.45) is 5.52. The molecule has 1 saturated carbocycles. The minimum atomic E-state index is 0. The summed E-state index contributed by atoms with van der Waals surface area (Å²) in [5.41, 5.74) is 0. The van der Waals surface area contributed by atoms with Crippen LogP contribution in [0.15, 0.2) is 0 Å². The zero-order valence-electron chi connectivity index (χ0n) is 14.4. The molecule has 7 heteroatoms. The fraction of sp³-hybridized carbons (Fsp3) is 0.938. The number of rotatable bonds is 9. The smallest absolute Gasteiger partial charge is 0.233 e. The van der Waals surface area contributed by atoms with E-state index in [0.29, 0.717) is 18.8 Å². The van der Waals surface area contributed by atoms with E-state index in [1.807, 2.05) is 0 Å². The standard InChI is InChI=1S/C16H31N3O2.2ClH/c1-13-11-19(12-14(2)21-13)8-4-3-7-18-16(20)10-17-9-15-5-6-15;;/h13-15,17H,3-12H2,1-2H3,(H,18,20);2*1H. The second-order valence-corrected chi connectivity index (χ2v) is 6.65. The molecule has 138 valence electrons. The number of nitrogens with one attached hydrogen (secondary N) is 2. The summed E-state index contributed by atoms with van der Waals surface area (Å²) >= 11 is 0. The molecular weight excluding hydrogens is 337 g/mol. The van der Waals surface area contributed by atoms with Gasteiger partial charge in [-0.1, -0.05) is 0 Å². The number of hydrogen-bond acceptors (Lipinski definition) is 4. The number of hydrogen-bond donors (Lipinski definition) is 2. The van der Waals surface area contributed by atoms with Gasteiger partial charge in [-0.05, 0) is 58.5 Å². The van der Waals surface area contributed by atoms with Gasteiger partial charge >= 0.3 is 0 Å². The van der Waals surface area contributed by atoms with E-state index in [0.717, 1.165) is 51.5 Å². The van der Waals surface area contributed by atoms with Crippen molar-refractivity contribution in [3.8, 4) is 0 Å². The van der Waals surface area contributed by atoms with Gasteiger partial charge in [0.15, 0.2) is 0 Å². The number of morpholine rings is 1. The molecule has 0 bridgehead atoms. The number of carbonyl (C=O) groups is 1. The molecule has 1 aliphatic carbocycles. The van der Waals surface area contributed by atoms with Gasteiger partial charge in [-0.25, -0.2) is 0 Å². The molecule has 1 saturated heterocycles. The monoisotopic (exact) mass is 369 g/mol. The predicted molar refractivity (Wildman–Crippen MR) is 98.8 cm³/mol. The molecule has 0 aromatic heterocycles. The highest BCUT2D eigenvalue weighted by atomic mass is 35.5. The molecule has 1 heterocycles. The van der Waals surface area contributed by atoms with Crippen LogP contribution in [0.3, 0.4) is 0 Å². The topological polar surface area (TPSA) is 53.6 Å². The van der Waals surface area contributed by atoms with Gasteiger partial charge in [0.25, 0.3) is 0 Å². The molecule has 2 unspecified atom stereocenters. The zero-order chi connectivity index (χ0) is 15.1. The van der Waals surface area contributed by atoms with Gasteiger partial charge < -0.3 is 15.4 Å². The zero-order valence-corrected chi connectivity index (χ0v) is 16.0. The minimum Gasteiger partial charge on any atom is -0.373 e. The molecular formula is C16H33Cl2N3O2. The number of ether oxygens (including phenoxy) is 1. The molecule has 2 atom stereocenters. The molecule has 0 spiro atoms. The quantitative estimate of drug-likeness (QED) is 0.608. The van der Waals surface area contributed by atoms with Crippen LogP contribution in [0.1, 0.15) is 39.5 Å². The second kappa shape index (κ2) is 12.3. The van der Waals surface area contributed by atoms with Crippen molar-refractivity contribution in [2.24, 2.45) is 5.92 Å². The van der Waals surface area contributed by atoms with Crippen LogP contribution in [0.4, 0.5) is 0 Å². The van der Waals surface area contributed by atoms with Crippen LogP contribution >= 0.6 is 24.8 Å². The van der Waals surface area contributed by atoms with E-state index < -0.39 is 0 Å². The van der Waals surface area contributed by atoms with Crippen molar-refractivity contribution in [3.05, 3.63) is 0 Å². The third-order valence-electron chi connectivity index (χ3n) is 4.13. The van der Waals surface area contributed by atoms with E-state index in [2.05, 4.69) is 29.4 Å². The van der Waals surface area contributed by atoms with Gasteiger partial charge in [0.1, 0.15) is 0 Å². The lowest BCUT2D eigenvalue weighted by Gasteiger charge is -2.35. The molecule has 5 nitrogen and oxygen atoms in total. The first-order valence-corrected chi connectivity index (χ1v) is 8.48. The van der Waals surface area contributed by atoms with Gasteiger partial charge in [0, 0.05) is 19.6 Å². The summed E-state index contributed by atoms with van der Waals surface area (Å²) < 4.78 is 5.73. The number of halogens is 2. The first kappa shape index (κ1) is 22.9. The van der Waals surface area contributed by atoms with Gasteiger partial charge in [-0.2, -0.15) is 0 Å². The molecule has 0 radical (unpaired) electrons. The molecule has 1 amide bonds. The number of amides is 1. The van der Waals surface area contributed by atoms with E-state index in [1.165, 1.54) is 12.8 Å². The summed E-state index contributed by atoms with van der Waals surface area (Å²) in [4.78, 5) is 14.1. The Morgan fingerprint density at radius 2 is 1.78 bits per heavy atom. The van der Waals surface area contributed by atoms with E-state index >= 15 is 0 Å². The SMILES string of the molecule is CC1CN(CCCCNC(=O)CNCC2CC2)CC(C)O1.Cl.Cl. The van der Waals surface area contributed by atoms with Crippen LogP contribution in [0, 0.1) is 5.92 Å². The first-order chi connectivity index (χ1) is 10.1. The summed E-state index contributed by atoms with van der Waals surface area (Å²) in [5, 5.41) is 6.20. The highest BCUT2D eigenvalue weighted by molar-refractivity contribution is 5.85. The lowest BCUT2D eigenvalue weighted by atomic mass is 10.2. The normalized spacial score (nSPS) is 24.4. The highest BCUT2D eigenvalue weighted by Gasteiger charge is 2.21. The van der Waals surface area contributed by atoms with E-state index in [4.69, 9.17) is 4.74 Å². The molecule has 2 N–H and O–H groups in total. The van der Waals surface area contributed by atoms with Gasteiger partial charge in [0.2, 0.25) is 5.91 Å². The molecule has 0 aromatic carbocycles. The van der Waals surface area contributed by atoms with Crippen molar-refractivity contribution in [3.63, 3.8) is 0 Å². The maximum atomic E-state index is 11.6. The maximum absolute atomic E-state index is 11.6. The number of nitrogens with zero attached hydrogens (tertiary/aromatic N) is 1. The summed E-state index contributed by atoms with van der Waals surface area (Å²) in [6.45, 7) is 9.70. The predicted octanol–water partition coefficient (Wildman–Crippen LogP) is 1.84. The van der Waals surface area contributed by atoms with Crippen molar-refractivity contribution in [2.45, 2.75) is 51.7 Å². The van der Waals surface area contributed by atoms with Crippen LogP contribution in [0.5, 0.6) is 0 Å². The van der Waals surface area contributed by atoms with Crippen LogP contribution in [-0.4, -0.2) is 62.3 Å². The molecule has 23 heavy (non-hydrogen) atoms. The Hall–Kier alpha value is -0.0700. The average Bonchev–Trinajstić information content (AvgIpc) is 3.21. The second-order valence-electron chi connectivity index (χ2n) is 6.65. The Kier molecular flexibility index (Phi) is 12.3. The molecule has 1 aliphatic heterocycles. The van der Waals surface area contributed by atoms with Crippen molar-refractivity contribution >= 4 is 30.7 Å². The third-order valence-corrected chi connectivity index (χ3v) is 4.13. The fourth-order valence-corrected chi connectivity index (χ4v) is 2.93. The van der Waals surface area contributed by atoms with Gasteiger partial charge in [-0.3, -0.25) is 9.69 Å². The van der Waals surface area contributed by atoms with Crippen molar-refractivity contribution in [1.82, 2.24) is 15.5 Å². The van der Waals surface area contributed by atoms with E-state index in [9.17, 15) is 4.79 Å². The Morgan fingerprint density at radius 3 is 2.39 bits per heavy atom. The fourth-order valence-electron chi connectivity index (χ4n) is 2.93. The maximum Gasteiger partial charge on any atom is 0.233 e. The lowest BCUT2D eigenvalue weighted by Crippen LogP contribution is -2.45. The summed E-state index contributed by atoms with van der Waals surface area (Å²) in [7, 11) is 0. The Balaban J connectivity index is 0.00000242. The average molecular weight is 370 g/mol. The Morgan fingerprint density at radius 1 is 1.13 bits per heavy atom. The van der Waals surface area contributed by atoms with E-state index in [1.54, 1.807) is 0 Å². The van der Waals surface area contributed by atoms with Crippen LogP contribution < -0.4 is 10.6 Å². The number of carbonyl (C=O) groups excluding carboxylic acids is 1. The number of unbranched alkanes of at least 4 members (excludes halogenated alkanes) is 1. The summed E-state index contributed by atoms with van der Waals surface area (Å²) in [5.74, 6) is 0.959. The lowest BCUT2D eigenvalue weighted by molar-refractivity contribution is -0.120. The Labute approximate surface area is 153 Å². The largest absolute Gasteiger partial charge is 0.373 e. The van der Waals surface area contributed by atoms with Crippen molar-refractivity contribution in [1.29, 1.82) is 0 Å². The third kappa shape index (κ3) is 10.4. The van der Waals surface area contributed by atoms with Gasteiger partial charge in [0.05, 0.1) is 18.8 Å². The molecule has 2 rings (SSSR count). The van der Waals surface area contributed by atoms with E-state index in [-0.39, 0.29) is 30.7 Å². The van der Waals surface area contributed by atoms with Crippen LogP contribution in [-0.2, 0) is 9.53 Å². The van der Waals surface area contributed by atoms with Crippen molar-refractivity contribution in [2.75, 3.05) is 39.3 Å². The van der Waals surface area contributed by atoms with Crippen LogP contribution in [0.2, 0.25) is 0 Å². The molecule has 2 aliphatic rings. The van der Waals surface area contributed by atoms with Crippen LogP contribution in [0.25, 0.3) is 0 Å². The minimum absolute atomic E-state index is 0. The Bertz CT molecular complexity index is 320. The molecule has 0 aromatic rings. The van der Waals surface area contributed by atoms with Crippen molar-refractivity contribution < 1.29 is 9.53 Å². The highest BCUT2D eigenvalue weighted by Crippen LogP contribution is 2.27. The first-order valence-electron chi connectivity index (χ1n) is 8.48.